The molecule has 4 nitrogen and oxygen atoms in total. The van der Waals surface area contributed by atoms with Gasteiger partial charge < -0.3 is 15.4 Å². The molecule has 19 heavy (non-hydrogen) atoms. The highest BCUT2D eigenvalue weighted by atomic mass is 35.5. The third kappa shape index (κ3) is 4.49. The summed E-state index contributed by atoms with van der Waals surface area (Å²) in [7, 11) is 0. The number of halogens is 1. The molecule has 0 radical (unpaired) electrons. The maximum absolute atomic E-state index is 11.9. The summed E-state index contributed by atoms with van der Waals surface area (Å²) < 4.78 is 5.33. The van der Waals surface area contributed by atoms with E-state index in [0.29, 0.717) is 18.1 Å². The van der Waals surface area contributed by atoms with Crippen LogP contribution in [0.5, 0.6) is 0 Å². The first-order valence-electron chi connectivity index (χ1n) is 6.51. The number of hydrogen-bond donors (Lipinski definition) is 2. The Bertz CT molecular complexity index is 433. The SMILES string of the molecule is CC(NC(=O)CC1COCCN1)c1cccc(Cl)c1. The van der Waals surface area contributed by atoms with E-state index in [1.54, 1.807) is 0 Å². The average Bonchev–Trinajstić information content (AvgIpc) is 2.39. The second kappa shape index (κ2) is 6.89. The van der Waals surface area contributed by atoms with Crippen molar-refractivity contribution in [3.8, 4) is 0 Å². The number of carbonyl (C=O) groups is 1. The summed E-state index contributed by atoms with van der Waals surface area (Å²) in [5, 5.41) is 6.92. The fourth-order valence-electron chi connectivity index (χ4n) is 2.13. The molecule has 1 aromatic rings. The van der Waals surface area contributed by atoms with Crippen molar-refractivity contribution >= 4 is 17.5 Å². The predicted molar refractivity (Wildman–Crippen MR) is 75.2 cm³/mol. The Kier molecular flexibility index (Phi) is 5.19. The molecule has 2 N–H and O–H groups in total. The molecule has 0 saturated carbocycles. The molecule has 0 aliphatic carbocycles. The average molecular weight is 283 g/mol. The van der Waals surface area contributed by atoms with Crippen molar-refractivity contribution in [2.45, 2.75) is 25.4 Å². The number of ether oxygens (including phenoxy) is 1. The highest BCUT2D eigenvalue weighted by Crippen LogP contribution is 2.17. The third-order valence-electron chi connectivity index (χ3n) is 3.16. The molecule has 0 aromatic heterocycles. The number of morpholine rings is 1. The normalized spacial score (nSPS) is 20.8. The van der Waals surface area contributed by atoms with Crippen LogP contribution in [0, 0.1) is 0 Å². The van der Waals surface area contributed by atoms with Crippen LogP contribution in [0.3, 0.4) is 0 Å². The van der Waals surface area contributed by atoms with Gasteiger partial charge in [0.05, 0.1) is 19.3 Å². The van der Waals surface area contributed by atoms with Gasteiger partial charge in [-0.2, -0.15) is 0 Å². The smallest absolute Gasteiger partial charge is 0.222 e. The first kappa shape index (κ1) is 14.3. The predicted octanol–water partition coefficient (Wildman–Crippen LogP) is 1.90. The zero-order valence-electron chi connectivity index (χ0n) is 11.0. The van der Waals surface area contributed by atoms with Crippen LogP contribution in [0.25, 0.3) is 0 Å². The molecule has 1 aliphatic rings. The van der Waals surface area contributed by atoms with Gasteiger partial charge in [-0.1, -0.05) is 23.7 Å². The van der Waals surface area contributed by atoms with E-state index >= 15 is 0 Å². The Labute approximate surface area is 118 Å². The van der Waals surface area contributed by atoms with Gasteiger partial charge in [-0.25, -0.2) is 0 Å². The molecule has 104 valence electrons. The van der Waals surface area contributed by atoms with Crippen molar-refractivity contribution in [2.75, 3.05) is 19.8 Å². The highest BCUT2D eigenvalue weighted by Gasteiger charge is 2.18. The van der Waals surface area contributed by atoms with Crippen LogP contribution < -0.4 is 10.6 Å². The van der Waals surface area contributed by atoms with Gasteiger partial charge >= 0.3 is 0 Å². The van der Waals surface area contributed by atoms with Crippen molar-refractivity contribution in [1.82, 2.24) is 10.6 Å². The Hall–Kier alpha value is -1.10. The molecule has 2 rings (SSSR count). The van der Waals surface area contributed by atoms with E-state index in [1.807, 2.05) is 31.2 Å². The summed E-state index contributed by atoms with van der Waals surface area (Å²) in [6, 6.07) is 7.60. The van der Waals surface area contributed by atoms with E-state index in [9.17, 15) is 4.79 Å². The van der Waals surface area contributed by atoms with Crippen LogP contribution in [-0.4, -0.2) is 31.7 Å². The molecule has 0 spiro atoms. The standard InChI is InChI=1S/C14H19ClN2O2/c1-10(11-3-2-4-12(15)7-11)17-14(18)8-13-9-19-6-5-16-13/h2-4,7,10,13,16H,5-6,8-9H2,1H3,(H,17,18). The molecule has 0 bridgehead atoms. The zero-order valence-corrected chi connectivity index (χ0v) is 11.7. The quantitative estimate of drug-likeness (QED) is 0.887. The summed E-state index contributed by atoms with van der Waals surface area (Å²) >= 11 is 5.94. The highest BCUT2D eigenvalue weighted by molar-refractivity contribution is 6.30. The largest absolute Gasteiger partial charge is 0.378 e. The summed E-state index contributed by atoms with van der Waals surface area (Å²) in [4.78, 5) is 11.9. The van der Waals surface area contributed by atoms with Crippen molar-refractivity contribution < 1.29 is 9.53 Å². The molecular weight excluding hydrogens is 264 g/mol. The fourth-order valence-corrected chi connectivity index (χ4v) is 2.33. The van der Waals surface area contributed by atoms with Crippen LogP contribution in [-0.2, 0) is 9.53 Å². The maximum atomic E-state index is 11.9. The lowest BCUT2D eigenvalue weighted by Crippen LogP contribution is -2.44. The van der Waals surface area contributed by atoms with Crippen LogP contribution in [0.4, 0.5) is 0 Å². The van der Waals surface area contributed by atoms with Crippen molar-refractivity contribution in [2.24, 2.45) is 0 Å². The minimum atomic E-state index is -0.0456. The number of nitrogens with one attached hydrogen (secondary N) is 2. The van der Waals surface area contributed by atoms with E-state index in [0.717, 1.165) is 18.7 Å². The monoisotopic (exact) mass is 282 g/mol. The van der Waals surface area contributed by atoms with Gasteiger partial charge in [0.25, 0.3) is 0 Å². The van der Waals surface area contributed by atoms with Gasteiger partial charge in [0, 0.05) is 24.0 Å². The Morgan fingerprint density at radius 1 is 1.63 bits per heavy atom. The molecule has 2 unspecified atom stereocenters. The first-order chi connectivity index (χ1) is 9.15. The molecule has 1 amide bonds. The maximum Gasteiger partial charge on any atom is 0.222 e. The van der Waals surface area contributed by atoms with Crippen LogP contribution in [0.15, 0.2) is 24.3 Å². The Balaban J connectivity index is 1.84. The number of rotatable bonds is 4. The lowest BCUT2D eigenvalue weighted by Gasteiger charge is -2.24. The van der Waals surface area contributed by atoms with Gasteiger partial charge in [-0.05, 0) is 24.6 Å². The molecule has 1 heterocycles. The van der Waals surface area contributed by atoms with Crippen LogP contribution >= 0.6 is 11.6 Å². The first-order valence-corrected chi connectivity index (χ1v) is 6.89. The van der Waals surface area contributed by atoms with E-state index in [1.165, 1.54) is 0 Å². The summed E-state index contributed by atoms with van der Waals surface area (Å²) in [6.07, 6.45) is 0.435. The summed E-state index contributed by atoms with van der Waals surface area (Å²) in [5.41, 5.74) is 1.01. The van der Waals surface area contributed by atoms with E-state index in [2.05, 4.69) is 10.6 Å². The lowest BCUT2D eigenvalue weighted by molar-refractivity contribution is -0.122. The van der Waals surface area contributed by atoms with Gasteiger partial charge in [0.15, 0.2) is 0 Å². The minimum Gasteiger partial charge on any atom is -0.378 e. The molecule has 1 aliphatic heterocycles. The number of carbonyl (C=O) groups excluding carboxylic acids is 1. The fraction of sp³-hybridized carbons (Fsp3) is 0.500. The van der Waals surface area contributed by atoms with Gasteiger partial charge in [-0.3, -0.25) is 4.79 Å². The minimum absolute atomic E-state index is 0.0236. The van der Waals surface area contributed by atoms with Crippen molar-refractivity contribution in [1.29, 1.82) is 0 Å². The van der Waals surface area contributed by atoms with Crippen LogP contribution in [0.2, 0.25) is 5.02 Å². The summed E-state index contributed by atoms with van der Waals surface area (Å²) in [5.74, 6) is 0.0236. The van der Waals surface area contributed by atoms with Gasteiger partial charge in [-0.15, -0.1) is 0 Å². The number of amides is 1. The molecule has 1 aromatic carbocycles. The van der Waals surface area contributed by atoms with Gasteiger partial charge in [0.2, 0.25) is 5.91 Å². The molecule has 5 heteroatoms. The lowest BCUT2D eigenvalue weighted by atomic mass is 10.1. The van der Waals surface area contributed by atoms with E-state index < -0.39 is 0 Å². The Morgan fingerprint density at radius 3 is 3.16 bits per heavy atom. The van der Waals surface area contributed by atoms with E-state index in [4.69, 9.17) is 16.3 Å². The van der Waals surface area contributed by atoms with Gasteiger partial charge in [0.1, 0.15) is 0 Å². The molecule has 1 saturated heterocycles. The second-order valence-electron chi connectivity index (χ2n) is 4.77. The third-order valence-corrected chi connectivity index (χ3v) is 3.39. The second-order valence-corrected chi connectivity index (χ2v) is 5.21. The summed E-state index contributed by atoms with van der Waals surface area (Å²) in [6.45, 7) is 4.08. The van der Waals surface area contributed by atoms with Crippen molar-refractivity contribution in [3.63, 3.8) is 0 Å². The van der Waals surface area contributed by atoms with E-state index in [-0.39, 0.29) is 18.0 Å². The zero-order chi connectivity index (χ0) is 13.7. The molecule has 1 fully saturated rings. The molecular formula is C14H19ClN2O2. The van der Waals surface area contributed by atoms with Crippen molar-refractivity contribution in [3.05, 3.63) is 34.9 Å². The Morgan fingerprint density at radius 2 is 2.47 bits per heavy atom. The topological polar surface area (TPSA) is 50.4 Å². The molecule has 2 atom stereocenters. The number of benzene rings is 1. The number of hydrogen-bond acceptors (Lipinski definition) is 3. The van der Waals surface area contributed by atoms with Crippen LogP contribution in [0.1, 0.15) is 24.9 Å².